The Morgan fingerprint density at radius 3 is 2.12 bits per heavy atom. The standard InChI is InChI=1S/C24H25F3N2O5/c1-29(20(21(30)31)12-6-7-13-28-22(32)24(25,26)27)23(33)34-14-19-17-10-4-2-8-15(17)16-9-3-5-11-18(16)19/h2-5,8-11,19-20H,6-7,12-14H2,1H3,(H,28,32)(H,30,31)/t20-/m0/s1. The number of alkyl halides is 3. The van der Waals surface area contributed by atoms with Crippen LogP contribution in [0.3, 0.4) is 0 Å². The first-order valence-electron chi connectivity index (χ1n) is 10.8. The minimum Gasteiger partial charge on any atom is -0.480 e. The van der Waals surface area contributed by atoms with Crippen molar-refractivity contribution >= 4 is 18.0 Å². The first-order chi connectivity index (χ1) is 16.1. The number of carbonyl (C=O) groups is 3. The van der Waals surface area contributed by atoms with E-state index in [9.17, 15) is 32.7 Å². The van der Waals surface area contributed by atoms with E-state index in [4.69, 9.17) is 4.74 Å². The summed E-state index contributed by atoms with van der Waals surface area (Å²) in [5.74, 6) is -3.47. The van der Waals surface area contributed by atoms with E-state index in [0.29, 0.717) is 0 Å². The van der Waals surface area contributed by atoms with Crippen LogP contribution in [0.4, 0.5) is 18.0 Å². The second-order valence-corrected chi connectivity index (χ2v) is 8.02. The molecule has 0 radical (unpaired) electrons. The van der Waals surface area contributed by atoms with Crippen molar-refractivity contribution in [2.45, 2.75) is 37.4 Å². The fourth-order valence-corrected chi connectivity index (χ4v) is 4.07. The Morgan fingerprint density at radius 2 is 1.59 bits per heavy atom. The first kappa shape index (κ1) is 25.1. The smallest absolute Gasteiger partial charge is 0.471 e. The number of unbranched alkanes of at least 4 members (excludes halogenated alkanes) is 1. The molecule has 0 bridgehead atoms. The Labute approximate surface area is 194 Å². The van der Waals surface area contributed by atoms with Crippen molar-refractivity contribution in [1.29, 1.82) is 0 Å². The second kappa shape index (κ2) is 10.6. The maximum absolute atomic E-state index is 12.6. The summed E-state index contributed by atoms with van der Waals surface area (Å²) >= 11 is 0. The highest BCUT2D eigenvalue weighted by molar-refractivity contribution is 5.82. The second-order valence-electron chi connectivity index (χ2n) is 8.02. The third-order valence-corrected chi connectivity index (χ3v) is 5.82. The third kappa shape index (κ3) is 5.67. The number of amides is 2. The highest BCUT2D eigenvalue weighted by Crippen LogP contribution is 2.44. The summed E-state index contributed by atoms with van der Waals surface area (Å²) < 4.78 is 42.0. The molecule has 0 saturated heterocycles. The number of benzene rings is 2. The summed E-state index contributed by atoms with van der Waals surface area (Å²) in [5, 5.41) is 11.2. The van der Waals surface area contributed by atoms with Gasteiger partial charge in [0.1, 0.15) is 12.6 Å². The molecular weight excluding hydrogens is 453 g/mol. The molecule has 0 unspecified atom stereocenters. The van der Waals surface area contributed by atoms with Gasteiger partial charge in [-0.1, -0.05) is 48.5 Å². The molecule has 34 heavy (non-hydrogen) atoms. The number of carbonyl (C=O) groups excluding carboxylic acids is 2. The number of carboxylic acid groups (broad SMARTS) is 1. The molecular formula is C24H25F3N2O5. The van der Waals surface area contributed by atoms with Crippen molar-refractivity contribution in [3.63, 3.8) is 0 Å². The first-order valence-corrected chi connectivity index (χ1v) is 10.8. The van der Waals surface area contributed by atoms with Crippen LogP contribution in [-0.4, -0.2) is 60.4 Å². The van der Waals surface area contributed by atoms with E-state index in [1.165, 1.54) is 7.05 Å². The largest absolute Gasteiger partial charge is 0.480 e. The summed E-state index contributed by atoms with van der Waals surface area (Å²) in [6.45, 7) is -0.216. The number of aliphatic carboxylic acids is 1. The fourth-order valence-electron chi connectivity index (χ4n) is 4.07. The summed E-state index contributed by atoms with van der Waals surface area (Å²) in [6.07, 6.45) is -5.45. The number of halogens is 3. The summed E-state index contributed by atoms with van der Waals surface area (Å²) in [7, 11) is 1.31. The summed E-state index contributed by atoms with van der Waals surface area (Å²) in [5.41, 5.74) is 4.17. The molecule has 2 aromatic rings. The van der Waals surface area contributed by atoms with Crippen molar-refractivity contribution in [2.24, 2.45) is 0 Å². The molecule has 182 valence electrons. The van der Waals surface area contributed by atoms with Gasteiger partial charge in [0.05, 0.1) is 0 Å². The molecule has 1 aliphatic carbocycles. The minimum atomic E-state index is -4.96. The lowest BCUT2D eigenvalue weighted by Crippen LogP contribution is -2.43. The number of hydrogen-bond acceptors (Lipinski definition) is 4. The van der Waals surface area contributed by atoms with Gasteiger partial charge < -0.3 is 15.2 Å². The predicted octanol–water partition coefficient (Wildman–Crippen LogP) is 4.17. The number of nitrogens with zero attached hydrogens (tertiary/aromatic N) is 1. The SMILES string of the molecule is CN(C(=O)OCC1c2ccccc2-c2ccccc21)[C@@H](CCCCNC(=O)C(F)(F)F)C(=O)O. The average molecular weight is 478 g/mol. The average Bonchev–Trinajstić information content (AvgIpc) is 3.12. The highest BCUT2D eigenvalue weighted by Gasteiger charge is 2.38. The highest BCUT2D eigenvalue weighted by atomic mass is 19.4. The van der Waals surface area contributed by atoms with E-state index in [2.05, 4.69) is 0 Å². The maximum Gasteiger partial charge on any atom is 0.471 e. The summed E-state index contributed by atoms with van der Waals surface area (Å²) in [4.78, 5) is 36.1. The van der Waals surface area contributed by atoms with Gasteiger partial charge in [0.15, 0.2) is 0 Å². The molecule has 0 aromatic heterocycles. The van der Waals surface area contributed by atoms with Gasteiger partial charge in [-0.2, -0.15) is 13.2 Å². The van der Waals surface area contributed by atoms with Gasteiger partial charge in [-0.3, -0.25) is 9.69 Å². The molecule has 10 heteroatoms. The van der Waals surface area contributed by atoms with E-state index < -0.39 is 30.2 Å². The van der Waals surface area contributed by atoms with E-state index in [1.54, 1.807) is 5.32 Å². The molecule has 0 heterocycles. The lowest BCUT2D eigenvalue weighted by Gasteiger charge is -2.25. The van der Waals surface area contributed by atoms with Gasteiger partial charge in [0, 0.05) is 19.5 Å². The van der Waals surface area contributed by atoms with Gasteiger partial charge in [-0.05, 0) is 41.5 Å². The van der Waals surface area contributed by atoms with Gasteiger partial charge in [-0.15, -0.1) is 0 Å². The van der Waals surface area contributed by atoms with E-state index >= 15 is 0 Å². The van der Waals surface area contributed by atoms with Crippen molar-refractivity contribution < 1.29 is 37.4 Å². The maximum atomic E-state index is 12.6. The zero-order valence-electron chi connectivity index (χ0n) is 18.5. The Morgan fingerprint density at radius 1 is 1.03 bits per heavy atom. The fraction of sp³-hybridized carbons (Fsp3) is 0.375. The molecule has 2 N–H and O–H groups in total. The molecule has 7 nitrogen and oxygen atoms in total. The van der Waals surface area contributed by atoms with Gasteiger partial charge >= 0.3 is 24.1 Å². The van der Waals surface area contributed by atoms with Crippen LogP contribution in [0.1, 0.15) is 36.3 Å². The number of nitrogens with one attached hydrogen (secondary N) is 1. The van der Waals surface area contributed by atoms with E-state index in [1.807, 2.05) is 48.5 Å². The van der Waals surface area contributed by atoms with Crippen LogP contribution in [0.15, 0.2) is 48.5 Å². The number of hydrogen-bond donors (Lipinski definition) is 2. The molecule has 2 amide bonds. The molecule has 3 rings (SSSR count). The molecule has 1 aliphatic rings. The van der Waals surface area contributed by atoms with Crippen LogP contribution in [0.5, 0.6) is 0 Å². The monoisotopic (exact) mass is 478 g/mol. The van der Waals surface area contributed by atoms with Crippen molar-refractivity contribution in [2.75, 3.05) is 20.2 Å². The Bertz CT molecular complexity index is 1010. The zero-order chi connectivity index (χ0) is 24.9. The normalized spacial score (nSPS) is 13.5. The van der Waals surface area contributed by atoms with Crippen LogP contribution in [0.2, 0.25) is 0 Å². The van der Waals surface area contributed by atoms with Gasteiger partial charge in [0.25, 0.3) is 0 Å². The van der Waals surface area contributed by atoms with Crippen LogP contribution >= 0.6 is 0 Å². The Balaban J connectivity index is 1.54. The predicted molar refractivity (Wildman–Crippen MR) is 117 cm³/mol. The van der Waals surface area contributed by atoms with Gasteiger partial charge in [-0.25, -0.2) is 9.59 Å². The Hall–Kier alpha value is -3.56. The molecule has 0 saturated carbocycles. The molecule has 0 aliphatic heterocycles. The zero-order valence-corrected chi connectivity index (χ0v) is 18.5. The van der Waals surface area contributed by atoms with E-state index in [0.717, 1.165) is 27.2 Å². The van der Waals surface area contributed by atoms with Crippen LogP contribution < -0.4 is 5.32 Å². The third-order valence-electron chi connectivity index (χ3n) is 5.82. The van der Waals surface area contributed by atoms with Crippen LogP contribution in [-0.2, 0) is 14.3 Å². The molecule has 2 aromatic carbocycles. The minimum absolute atomic E-state index is 0.00207. The number of carboxylic acids is 1. The molecule has 0 fully saturated rings. The number of likely N-dealkylation sites (N-methyl/N-ethyl adjacent to an activating group) is 1. The quantitative estimate of drug-likeness (QED) is 0.528. The molecule has 1 atom stereocenters. The lowest BCUT2D eigenvalue weighted by atomic mass is 9.98. The van der Waals surface area contributed by atoms with Crippen molar-refractivity contribution in [1.82, 2.24) is 10.2 Å². The van der Waals surface area contributed by atoms with Crippen molar-refractivity contribution in [3.8, 4) is 11.1 Å². The summed E-state index contributed by atoms with van der Waals surface area (Å²) in [6, 6.07) is 14.4. The topological polar surface area (TPSA) is 95.9 Å². The number of rotatable bonds is 9. The molecule has 0 spiro atoms. The number of ether oxygens (including phenoxy) is 1. The number of fused-ring (bicyclic) bond motifs is 3. The lowest BCUT2D eigenvalue weighted by molar-refractivity contribution is -0.173. The van der Waals surface area contributed by atoms with Gasteiger partial charge in [0.2, 0.25) is 0 Å². The van der Waals surface area contributed by atoms with Crippen LogP contribution in [0.25, 0.3) is 11.1 Å². The van der Waals surface area contributed by atoms with Crippen LogP contribution in [0, 0.1) is 0 Å². The van der Waals surface area contributed by atoms with E-state index in [-0.39, 0.29) is 38.3 Å². The Kier molecular flexibility index (Phi) is 7.80. The van der Waals surface area contributed by atoms with Crippen molar-refractivity contribution in [3.05, 3.63) is 59.7 Å².